The maximum Gasteiger partial charge on any atom is 0.306 e. The van der Waals surface area contributed by atoms with Crippen molar-refractivity contribution in [1.29, 1.82) is 0 Å². The quantitative estimate of drug-likeness (QED) is 0.617. The first kappa shape index (κ1) is 13.9. The van der Waals surface area contributed by atoms with Crippen LogP contribution in [0, 0.1) is 6.92 Å². The SMILES string of the molecule is CCOC(=O)CCSc1cc(C)c2ccccc2n1. The van der Waals surface area contributed by atoms with Crippen molar-refractivity contribution in [3.8, 4) is 0 Å². The highest BCUT2D eigenvalue weighted by Gasteiger charge is 2.05. The molecule has 3 nitrogen and oxygen atoms in total. The lowest BCUT2D eigenvalue weighted by Crippen LogP contribution is -2.04. The standard InChI is InChI=1S/C15H17NO2S/c1-3-18-15(17)8-9-19-14-10-11(2)12-6-4-5-7-13(12)16-14/h4-7,10H,3,8-9H2,1-2H3. The van der Waals surface area contributed by atoms with Gasteiger partial charge in [0.1, 0.15) is 0 Å². The summed E-state index contributed by atoms with van der Waals surface area (Å²) in [5.74, 6) is 0.552. The minimum Gasteiger partial charge on any atom is -0.466 e. The van der Waals surface area contributed by atoms with Crippen molar-refractivity contribution in [2.75, 3.05) is 12.4 Å². The van der Waals surface area contributed by atoms with Gasteiger partial charge in [0.25, 0.3) is 0 Å². The number of thioether (sulfide) groups is 1. The Bertz CT molecular complexity index is 583. The number of carbonyl (C=O) groups is 1. The molecule has 0 aliphatic rings. The number of ether oxygens (including phenoxy) is 1. The van der Waals surface area contributed by atoms with E-state index in [0.717, 1.165) is 10.5 Å². The summed E-state index contributed by atoms with van der Waals surface area (Å²) < 4.78 is 4.90. The van der Waals surface area contributed by atoms with Gasteiger partial charge in [0.15, 0.2) is 0 Å². The summed E-state index contributed by atoms with van der Waals surface area (Å²) >= 11 is 1.59. The topological polar surface area (TPSA) is 39.2 Å². The zero-order valence-electron chi connectivity index (χ0n) is 11.2. The normalized spacial score (nSPS) is 10.6. The second-order valence-corrected chi connectivity index (χ2v) is 5.31. The third kappa shape index (κ3) is 3.70. The highest BCUT2D eigenvalue weighted by molar-refractivity contribution is 7.99. The lowest BCUT2D eigenvalue weighted by molar-refractivity contribution is -0.142. The molecule has 2 aromatic rings. The van der Waals surface area contributed by atoms with E-state index in [2.05, 4.69) is 24.0 Å². The minimum atomic E-state index is -0.146. The minimum absolute atomic E-state index is 0.146. The van der Waals surface area contributed by atoms with Crippen LogP contribution in [0.4, 0.5) is 0 Å². The first-order chi connectivity index (χ1) is 9.20. The summed E-state index contributed by atoms with van der Waals surface area (Å²) in [4.78, 5) is 15.8. The zero-order valence-corrected chi connectivity index (χ0v) is 12.0. The predicted octanol–water partition coefficient (Wildman–Crippen LogP) is 3.59. The summed E-state index contributed by atoms with van der Waals surface area (Å²) in [6.45, 7) is 4.34. The molecule has 0 saturated heterocycles. The van der Waals surface area contributed by atoms with E-state index in [9.17, 15) is 4.79 Å². The molecular weight excluding hydrogens is 258 g/mol. The highest BCUT2D eigenvalue weighted by atomic mass is 32.2. The van der Waals surface area contributed by atoms with Gasteiger partial charge >= 0.3 is 5.97 Å². The van der Waals surface area contributed by atoms with E-state index in [-0.39, 0.29) is 5.97 Å². The van der Waals surface area contributed by atoms with Crippen LogP contribution in [0.5, 0.6) is 0 Å². The van der Waals surface area contributed by atoms with E-state index in [1.807, 2.05) is 25.1 Å². The molecule has 100 valence electrons. The number of benzene rings is 1. The molecule has 0 saturated carbocycles. The molecule has 2 rings (SSSR count). The Balaban J connectivity index is 2.03. The van der Waals surface area contributed by atoms with Crippen LogP contribution in [0.3, 0.4) is 0 Å². The molecule has 0 atom stereocenters. The number of fused-ring (bicyclic) bond motifs is 1. The Morgan fingerprint density at radius 2 is 2.16 bits per heavy atom. The van der Waals surface area contributed by atoms with Gasteiger partial charge in [-0.25, -0.2) is 4.98 Å². The Morgan fingerprint density at radius 1 is 1.37 bits per heavy atom. The summed E-state index contributed by atoms with van der Waals surface area (Å²) in [7, 11) is 0. The number of nitrogens with zero attached hydrogens (tertiary/aromatic N) is 1. The first-order valence-corrected chi connectivity index (χ1v) is 7.34. The number of hydrogen-bond donors (Lipinski definition) is 0. The molecule has 0 aliphatic carbocycles. The van der Waals surface area contributed by atoms with Crippen LogP contribution in [0.1, 0.15) is 18.9 Å². The third-order valence-electron chi connectivity index (χ3n) is 2.76. The summed E-state index contributed by atoms with van der Waals surface area (Å²) in [6, 6.07) is 10.2. The Morgan fingerprint density at radius 3 is 2.95 bits per heavy atom. The molecule has 19 heavy (non-hydrogen) atoms. The van der Waals surface area contributed by atoms with Crippen LogP contribution in [-0.2, 0) is 9.53 Å². The molecule has 0 radical (unpaired) electrons. The second-order valence-electron chi connectivity index (χ2n) is 4.20. The Kier molecular flexibility index (Phi) is 4.80. The van der Waals surface area contributed by atoms with Gasteiger partial charge in [-0.15, -0.1) is 11.8 Å². The molecule has 0 unspecified atom stereocenters. The van der Waals surface area contributed by atoms with Crippen molar-refractivity contribution in [3.05, 3.63) is 35.9 Å². The van der Waals surface area contributed by atoms with E-state index in [1.54, 1.807) is 11.8 Å². The van der Waals surface area contributed by atoms with Gasteiger partial charge in [-0.1, -0.05) is 18.2 Å². The molecule has 0 amide bonds. The van der Waals surface area contributed by atoms with Gasteiger partial charge in [0, 0.05) is 11.1 Å². The number of aromatic nitrogens is 1. The van der Waals surface area contributed by atoms with Gasteiger partial charge < -0.3 is 4.74 Å². The number of aryl methyl sites for hydroxylation is 1. The van der Waals surface area contributed by atoms with Crippen LogP contribution >= 0.6 is 11.8 Å². The lowest BCUT2D eigenvalue weighted by Gasteiger charge is -2.06. The van der Waals surface area contributed by atoms with Crippen LogP contribution in [0.15, 0.2) is 35.4 Å². The summed E-state index contributed by atoms with van der Waals surface area (Å²) in [5.41, 5.74) is 2.21. The lowest BCUT2D eigenvalue weighted by atomic mass is 10.1. The molecule has 1 aromatic heterocycles. The van der Waals surface area contributed by atoms with E-state index >= 15 is 0 Å². The predicted molar refractivity (Wildman–Crippen MR) is 78.5 cm³/mol. The fourth-order valence-corrected chi connectivity index (χ4v) is 2.77. The van der Waals surface area contributed by atoms with Crippen molar-refractivity contribution >= 4 is 28.6 Å². The van der Waals surface area contributed by atoms with Crippen LogP contribution in [0.2, 0.25) is 0 Å². The van der Waals surface area contributed by atoms with Crippen LogP contribution < -0.4 is 0 Å². The average Bonchev–Trinajstić information content (AvgIpc) is 2.39. The van der Waals surface area contributed by atoms with Gasteiger partial charge in [-0.05, 0) is 31.5 Å². The van der Waals surface area contributed by atoms with Crippen molar-refractivity contribution in [2.24, 2.45) is 0 Å². The number of carbonyl (C=O) groups excluding carboxylic acids is 1. The van der Waals surface area contributed by atoms with E-state index in [1.165, 1.54) is 10.9 Å². The first-order valence-electron chi connectivity index (χ1n) is 6.35. The molecule has 0 fully saturated rings. The molecule has 0 aliphatic heterocycles. The fourth-order valence-electron chi connectivity index (χ4n) is 1.86. The van der Waals surface area contributed by atoms with Gasteiger partial charge in [-0.2, -0.15) is 0 Å². The second kappa shape index (κ2) is 6.57. The molecule has 0 spiro atoms. The van der Waals surface area contributed by atoms with E-state index < -0.39 is 0 Å². The number of esters is 1. The van der Waals surface area contributed by atoms with E-state index in [0.29, 0.717) is 18.8 Å². The Labute approximate surface area is 117 Å². The van der Waals surface area contributed by atoms with Crippen molar-refractivity contribution in [1.82, 2.24) is 4.98 Å². The van der Waals surface area contributed by atoms with Gasteiger partial charge in [0.05, 0.1) is 23.6 Å². The van der Waals surface area contributed by atoms with Crippen molar-refractivity contribution in [2.45, 2.75) is 25.3 Å². The maximum absolute atomic E-state index is 11.3. The molecular formula is C15H17NO2S. The number of hydrogen-bond acceptors (Lipinski definition) is 4. The summed E-state index contributed by atoms with van der Waals surface area (Å²) in [6.07, 6.45) is 0.423. The largest absolute Gasteiger partial charge is 0.466 e. The monoisotopic (exact) mass is 275 g/mol. The maximum atomic E-state index is 11.3. The fraction of sp³-hybridized carbons (Fsp3) is 0.333. The molecule has 0 N–H and O–H groups in total. The van der Waals surface area contributed by atoms with E-state index in [4.69, 9.17) is 4.74 Å². The third-order valence-corrected chi connectivity index (χ3v) is 3.67. The number of pyridine rings is 1. The number of rotatable bonds is 5. The number of para-hydroxylation sites is 1. The zero-order chi connectivity index (χ0) is 13.7. The summed E-state index contributed by atoms with van der Waals surface area (Å²) in [5, 5.41) is 2.14. The molecule has 1 heterocycles. The molecule has 0 bridgehead atoms. The molecule has 1 aromatic carbocycles. The van der Waals surface area contributed by atoms with Crippen LogP contribution in [0.25, 0.3) is 10.9 Å². The molecule has 4 heteroatoms. The highest BCUT2D eigenvalue weighted by Crippen LogP contribution is 2.23. The van der Waals surface area contributed by atoms with Gasteiger partial charge in [0.2, 0.25) is 0 Å². The van der Waals surface area contributed by atoms with Crippen LogP contribution in [-0.4, -0.2) is 23.3 Å². The van der Waals surface area contributed by atoms with Crippen molar-refractivity contribution < 1.29 is 9.53 Å². The van der Waals surface area contributed by atoms with Gasteiger partial charge in [-0.3, -0.25) is 4.79 Å². The Hall–Kier alpha value is -1.55. The van der Waals surface area contributed by atoms with Crippen molar-refractivity contribution in [3.63, 3.8) is 0 Å². The average molecular weight is 275 g/mol. The smallest absolute Gasteiger partial charge is 0.306 e.